The van der Waals surface area contributed by atoms with Gasteiger partial charge < -0.3 is 29.7 Å². The Hall–Kier alpha value is -5.58. The molecule has 8 rings (SSSR count). The molecule has 3 aliphatic rings. The molecule has 16 heteroatoms. The highest BCUT2D eigenvalue weighted by Crippen LogP contribution is 2.43. The van der Waals surface area contributed by atoms with Crippen LogP contribution in [-0.2, 0) is 23.0 Å². The van der Waals surface area contributed by atoms with Gasteiger partial charge in [0.15, 0.2) is 0 Å². The molecule has 3 N–H and O–H groups in total. The number of aromatic nitrogens is 1. The van der Waals surface area contributed by atoms with Crippen LogP contribution < -0.4 is 19.8 Å². The van der Waals surface area contributed by atoms with Crippen molar-refractivity contribution >= 4 is 56.4 Å². The van der Waals surface area contributed by atoms with Crippen LogP contribution in [-0.4, -0.2) is 98.5 Å². The summed E-state index contributed by atoms with van der Waals surface area (Å²) in [7, 11) is -0.139. The van der Waals surface area contributed by atoms with Gasteiger partial charge in [0.05, 0.1) is 21.1 Å². The average Bonchev–Trinajstić information content (AvgIpc) is 3.66. The lowest BCUT2D eigenvalue weighted by molar-refractivity contribution is -0.430. The number of carboxylic acid groups (broad SMARTS) is 1. The largest absolute Gasteiger partial charge is 0.478 e. The zero-order valence-corrected chi connectivity index (χ0v) is 38.9. The number of aromatic carboxylic acids is 1. The summed E-state index contributed by atoms with van der Waals surface area (Å²) in [4.78, 5) is 32.4. The van der Waals surface area contributed by atoms with Gasteiger partial charge in [-0.25, -0.2) is 13.2 Å². The Kier molecular flexibility index (Phi) is 14.4. The molecule has 65 heavy (non-hydrogen) atoms. The summed E-state index contributed by atoms with van der Waals surface area (Å²) in [5.41, 5.74) is 6.79. The standard InChI is InChI=1S/C49H54ClN7O6S2/c1-53(2)26-24-38(33-64-41-11-4-3-5-12-41)51-43-23-22-42(32-45(43)57(60)61)65(62,63)52-37-18-20-39(21-19-37)54-27-29-55(30-28-54)40-10-8-9-35(31-40)46-47(49(58)59)44-13-6-7-25-56(44)48(46)34-14-16-36(50)17-15-34/h3-5,8-12,14-22,31-32,38,43,51-52H,6-7,13,23-30,33H2,1-2H3,(H,58,59)/t38-,43?/m1/s1. The fourth-order valence-electron chi connectivity index (χ4n) is 9.00. The van der Waals surface area contributed by atoms with Crippen LogP contribution >= 0.6 is 23.4 Å². The minimum absolute atomic E-state index is 0.0439. The molecule has 2 atom stereocenters. The highest BCUT2D eigenvalue weighted by Gasteiger charge is 2.34. The van der Waals surface area contributed by atoms with E-state index in [9.17, 15) is 28.4 Å². The molecular weight excluding hydrogens is 882 g/mol. The lowest BCUT2D eigenvalue weighted by atomic mass is 9.95. The van der Waals surface area contributed by atoms with Crippen LogP contribution in [0.25, 0.3) is 22.4 Å². The first kappa shape index (κ1) is 46.0. The number of carboxylic acids is 1. The van der Waals surface area contributed by atoms with Crippen molar-refractivity contribution < 1.29 is 23.2 Å². The van der Waals surface area contributed by atoms with Crippen molar-refractivity contribution in [2.24, 2.45) is 0 Å². The lowest BCUT2D eigenvalue weighted by Gasteiger charge is -2.37. The summed E-state index contributed by atoms with van der Waals surface area (Å²) in [6, 6.07) is 32.3. The summed E-state index contributed by atoms with van der Waals surface area (Å²) in [6.45, 7) is 4.42. The first-order valence-corrected chi connectivity index (χ1v) is 24.8. The predicted molar refractivity (Wildman–Crippen MR) is 262 cm³/mol. The SMILES string of the molecule is CN(C)CC[C@H](CSc1ccccc1)NC1CC=C(S(=O)(=O)Nc2ccc(N3CCN(c4cccc(-c5c(C(=O)O)c6n(c5-c5ccc(Cl)cc5)CCCC6)c4)CC3)cc2)C=C1[N+](=O)[O-]. The van der Waals surface area contributed by atoms with E-state index in [4.69, 9.17) is 11.6 Å². The first-order valence-electron chi connectivity index (χ1n) is 22.0. The van der Waals surface area contributed by atoms with Crippen LogP contribution in [0.2, 0.25) is 5.02 Å². The third kappa shape index (κ3) is 10.8. The van der Waals surface area contributed by atoms with Gasteiger partial charge >= 0.3 is 5.97 Å². The Morgan fingerprint density at radius 2 is 1.62 bits per heavy atom. The number of fused-ring (bicyclic) bond motifs is 1. The quantitative estimate of drug-likeness (QED) is 0.0465. The van der Waals surface area contributed by atoms with E-state index in [-0.39, 0.29) is 23.1 Å². The van der Waals surface area contributed by atoms with E-state index in [1.165, 1.54) is 6.08 Å². The summed E-state index contributed by atoms with van der Waals surface area (Å²) < 4.78 is 32.1. The van der Waals surface area contributed by atoms with Crippen molar-refractivity contribution in [3.8, 4) is 22.4 Å². The van der Waals surface area contributed by atoms with Crippen LogP contribution in [0, 0.1) is 10.1 Å². The summed E-state index contributed by atoms with van der Waals surface area (Å²) in [5, 5.41) is 27.0. The van der Waals surface area contributed by atoms with E-state index in [1.54, 1.807) is 30.0 Å². The molecule has 0 radical (unpaired) electrons. The molecule has 1 saturated heterocycles. The Morgan fingerprint density at radius 3 is 2.29 bits per heavy atom. The van der Waals surface area contributed by atoms with Crippen molar-refractivity contribution in [3.63, 3.8) is 0 Å². The topological polar surface area (TPSA) is 153 Å². The molecule has 13 nitrogen and oxygen atoms in total. The molecule has 0 amide bonds. The second-order valence-electron chi connectivity index (χ2n) is 16.9. The molecule has 3 heterocycles. The molecular formula is C49H54ClN7O6S2. The minimum atomic E-state index is -4.12. The third-order valence-corrected chi connectivity index (χ3v) is 15.1. The van der Waals surface area contributed by atoms with E-state index < -0.39 is 27.0 Å². The molecule has 1 fully saturated rings. The fraction of sp³-hybridized carbons (Fsp3) is 0.327. The van der Waals surface area contributed by atoms with E-state index >= 15 is 0 Å². The normalized spacial score (nSPS) is 17.0. The lowest BCUT2D eigenvalue weighted by Crippen LogP contribution is -2.46. The van der Waals surface area contributed by atoms with Gasteiger partial charge in [-0.05, 0) is 125 Å². The van der Waals surface area contributed by atoms with Crippen molar-refractivity contribution in [1.82, 2.24) is 14.8 Å². The minimum Gasteiger partial charge on any atom is -0.478 e. The van der Waals surface area contributed by atoms with E-state index in [1.807, 2.05) is 93.0 Å². The number of anilines is 3. The number of carbonyl (C=O) groups is 1. The van der Waals surface area contributed by atoms with Gasteiger partial charge in [-0.2, -0.15) is 0 Å². The van der Waals surface area contributed by atoms with Gasteiger partial charge in [0.1, 0.15) is 6.04 Å². The van der Waals surface area contributed by atoms with Gasteiger partial charge in [0, 0.05) is 88.8 Å². The van der Waals surface area contributed by atoms with Crippen LogP contribution in [0.4, 0.5) is 17.1 Å². The van der Waals surface area contributed by atoms with E-state index in [0.29, 0.717) is 41.5 Å². The van der Waals surface area contributed by atoms with Crippen molar-refractivity contribution in [3.05, 3.63) is 152 Å². The number of hydrogen-bond acceptors (Lipinski definition) is 10. The maximum atomic E-state index is 13.6. The first-order chi connectivity index (χ1) is 31.3. The Morgan fingerprint density at radius 1 is 0.908 bits per heavy atom. The molecule has 0 spiro atoms. The Bertz CT molecular complexity index is 2680. The zero-order valence-electron chi connectivity index (χ0n) is 36.5. The maximum absolute atomic E-state index is 13.6. The monoisotopic (exact) mass is 935 g/mol. The number of sulfonamides is 1. The molecule has 1 aromatic heterocycles. The number of thioether (sulfide) groups is 1. The number of halogens is 1. The number of nitro groups is 1. The van der Waals surface area contributed by atoms with Gasteiger partial charge in [-0.15, -0.1) is 11.8 Å². The molecule has 0 saturated carbocycles. The van der Waals surface area contributed by atoms with Gasteiger partial charge in [-0.3, -0.25) is 14.8 Å². The molecule has 4 aromatic carbocycles. The van der Waals surface area contributed by atoms with Crippen LogP contribution in [0.15, 0.2) is 131 Å². The van der Waals surface area contributed by atoms with Crippen LogP contribution in [0.3, 0.4) is 0 Å². The van der Waals surface area contributed by atoms with Crippen molar-refractivity contribution in [1.29, 1.82) is 0 Å². The number of allylic oxidation sites excluding steroid dienone is 1. The van der Waals surface area contributed by atoms with Gasteiger partial charge in [-0.1, -0.05) is 60.1 Å². The summed E-state index contributed by atoms with van der Waals surface area (Å²) in [5.74, 6) is -0.221. The van der Waals surface area contributed by atoms with Crippen LogP contribution in [0.5, 0.6) is 0 Å². The van der Waals surface area contributed by atoms with E-state index in [0.717, 1.165) is 89.8 Å². The number of nitrogens with zero attached hydrogens (tertiary/aromatic N) is 5. The third-order valence-electron chi connectivity index (χ3n) is 12.3. The molecule has 0 bridgehead atoms. The highest BCUT2D eigenvalue weighted by molar-refractivity contribution is 7.99. The number of piperazine rings is 1. The number of benzene rings is 4. The van der Waals surface area contributed by atoms with Crippen molar-refractivity contribution in [2.75, 3.05) is 67.1 Å². The molecule has 1 aliphatic carbocycles. The molecule has 2 aliphatic heterocycles. The maximum Gasteiger partial charge on any atom is 0.338 e. The van der Waals surface area contributed by atoms with E-state index in [2.05, 4.69) is 41.4 Å². The van der Waals surface area contributed by atoms with Gasteiger partial charge in [0.2, 0.25) is 0 Å². The van der Waals surface area contributed by atoms with Crippen molar-refractivity contribution in [2.45, 2.75) is 55.6 Å². The van der Waals surface area contributed by atoms with Gasteiger partial charge in [0.25, 0.3) is 15.7 Å². The summed E-state index contributed by atoms with van der Waals surface area (Å²) in [6.07, 6.45) is 6.31. The Balaban J connectivity index is 0.916. The zero-order chi connectivity index (χ0) is 45.7. The summed E-state index contributed by atoms with van der Waals surface area (Å²) >= 11 is 7.95. The Labute approximate surface area is 390 Å². The predicted octanol–water partition coefficient (Wildman–Crippen LogP) is 9.10. The second-order valence-corrected chi connectivity index (χ2v) is 20.2. The second kappa shape index (κ2) is 20.3. The van der Waals surface area contributed by atoms with Crippen LogP contribution in [0.1, 0.15) is 41.7 Å². The fourth-order valence-corrected chi connectivity index (χ4v) is 11.3. The molecule has 1 unspecified atom stereocenters. The molecule has 340 valence electrons. The smallest absolute Gasteiger partial charge is 0.338 e. The number of hydrogen-bond donors (Lipinski definition) is 3. The molecule has 5 aromatic rings. The average molecular weight is 937 g/mol. The number of rotatable bonds is 17. The number of nitrogens with one attached hydrogen (secondary N) is 2. The highest BCUT2D eigenvalue weighted by atomic mass is 35.5.